The summed E-state index contributed by atoms with van der Waals surface area (Å²) >= 11 is 6.52. The Kier molecular flexibility index (Phi) is 3.27. The van der Waals surface area contributed by atoms with Gasteiger partial charge in [-0.1, -0.05) is 11.6 Å². The van der Waals surface area contributed by atoms with Crippen LogP contribution in [0.1, 0.15) is 0 Å². The predicted molar refractivity (Wildman–Crippen MR) is 62.1 cm³/mol. The number of rotatable bonds is 3. The largest absolute Gasteiger partial charge is 0.264 e. The van der Waals surface area contributed by atoms with Crippen LogP contribution in [-0.2, 0) is 10.0 Å². The average Bonchev–Trinajstić information content (AvgIpc) is 2.68. The van der Waals surface area contributed by atoms with Gasteiger partial charge in [0.2, 0.25) is 0 Å². The van der Waals surface area contributed by atoms with Gasteiger partial charge in [0.25, 0.3) is 10.0 Å². The number of anilines is 1. The van der Waals surface area contributed by atoms with Crippen LogP contribution in [0.4, 0.5) is 10.2 Å². The van der Waals surface area contributed by atoms with Gasteiger partial charge in [-0.2, -0.15) is 8.75 Å². The van der Waals surface area contributed by atoms with Gasteiger partial charge in [-0.05, 0) is 18.2 Å². The van der Waals surface area contributed by atoms with Crippen LogP contribution in [-0.4, -0.2) is 17.2 Å². The van der Waals surface area contributed by atoms with Crippen molar-refractivity contribution in [3.63, 3.8) is 0 Å². The van der Waals surface area contributed by atoms with E-state index in [2.05, 4.69) is 13.5 Å². The summed E-state index contributed by atoms with van der Waals surface area (Å²) in [6, 6.07) is 3.02. The molecule has 1 N–H and O–H groups in total. The summed E-state index contributed by atoms with van der Waals surface area (Å²) in [5, 5.41) is -0.194. The molecule has 0 saturated carbocycles. The third kappa shape index (κ3) is 2.71. The number of hydrogen-bond donors (Lipinski definition) is 1. The lowest BCUT2D eigenvalue weighted by Gasteiger charge is -2.06. The molecule has 1 aromatic heterocycles. The number of sulfonamides is 1. The first-order valence-electron chi connectivity index (χ1n) is 4.24. The third-order valence-electron chi connectivity index (χ3n) is 1.78. The van der Waals surface area contributed by atoms with E-state index in [9.17, 15) is 12.8 Å². The van der Waals surface area contributed by atoms with E-state index in [4.69, 9.17) is 11.6 Å². The lowest BCUT2D eigenvalue weighted by Crippen LogP contribution is -2.13. The molecular weight excluding hydrogens is 289 g/mol. The zero-order chi connectivity index (χ0) is 12.5. The van der Waals surface area contributed by atoms with Gasteiger partial charge in [-0.15, -0.1) is 0 Å². The second-order valence-corrected chi connectivity index (χ2v) is 5.59. The van der Waals surface area contributed by atoms with Crippen molar-refractivity contribution in [2.24, 2.45) is 0 Å². The molecule has 0 aliphatic carbocycles. The van der Waals surface area contributed by atoms with Gasteiger partial charge in [-0.25, -0.2) is 12.8 Å². The Balaban J connectivity index is 2.38. The lowest BCUT2D eigenvalue weighted by atomic mass is 10.3. The van der Waals surface area contributed by atoms with Crippen molar-refractivity contribution >= 4 is 39.2 Å². The molecule has 0 amide bonds. The molecule has 0 aliphatic rings. The second kappa shape index (κ2) is 4.55. The number of halogens is 2. The van der Waals surface area contributed by atoms with Crippen LogP contribution in [0.25, 0.3) is 0 Å². The molecule has 1 heterocycles. The standard InChI is InChI=1S/C8H5ClFN3O2S2/c9-6-3-5(10)1-2-7(6)17(14,15)13-8-4-11-16-12-8/h1-4H,(H,12,13). The van der Waals surface area contributed by atoms with E-state index >= 15 is 0 Å². The lowest BCUT2D eigenvalue weighted by molar-refractivity contribution is 0.599. The molecule has 0 saturated heterocycles. The molecule has 1 aromatic carbocycles. The number of aromatic nitrogens is 2. The molecule has 90 valence electrons. The SMILES string of the molecule is O=S(=O)(Nc1cnsn1)c1ccc(F)cc1Cl. The van der Waals surface area contributed by atoms with Crippen molar-refractivity contribution in [1.29, 1.82) is 0 Å². The minimum atomic E-state index is -3.88. The maximum atomic E-state index is 12.8. The zero-order valence-electron chi connectivity index (χ0n) is 8.09. The molecule has 0 atom stereocenters. The highest BCUT2D eigenvalue weighted by atomic mass is 35.5. The first-order chi connectivity index (χ1) is 7.99. The molecule has 0 spiro atoms. The first-order valence-corrected chi connectivity index (χ1v) is 6.83. The molecule has 0 fully saturated rings. The van der Waals surface area contributed by atoms with E-state index in [-0.39, 0.29) is 15.7 Å². The Labute approximate surface area is 106 Å². The Morgan fingerprint density at radius 1 is 1.41 bits per heavy atom. The van der Waals surface area contributed by atoms with Gasteiger partial charge in [0, 0.05) is 0 Å². The van der Waals surface area contributed by atoms with E-state index in [0.29, 0.717) is 0 Å². The fourth-order valence-electron chi connectivity index (χ4n) is 1.10. The number of benzene rings is 1. The molecule has 2 rings (SSSR count). The van der Waals surface area contributed by atoms with Crippen molar-refractivity contribution in [1.82, 2.24) is 8.75 Å². The fraction of sp³-hybridized carbons (Fsp3) is 0. The molecule has 2 aromatic rings. The Morgan fingerprint density at radius 2 is 2.18 bits per heavy atom. The molecule has 5 nitrogen and oxygen atoms in total. The van der Waals surface area contributed by atoms with Crippen molar-refractivity contribution in [3.05, 3.63) is 35.2 Å². The van der Waals surface area contributed by atoms with Crippen molar-refractivity contribution in [2.75, 3.05) is 4.72 Å². The van der Waals surface area contributed by atoms with Gasteiger partial charge in [0.1, 0.15) is 10.7 Å². The number of hydrogen-bond acceptors (Lipinski definition) is 5. The first kappa shape index (κ1) is 12.2. The van der Waals surface area contributed by atoms with Gasteiger partial charge >= 0.3 is 0 Å². The third-order valence-corrected chi connectivity index (χ3v) is 4.10. The van der Waals surface area contributed by atoms with Gasteiger partial charge in [0.15, 0.2) is 5.82 Å². The fourth-order valence-corrected chi connectivity index (χ4v) is 3.05. The van der Waals surface area contributed by atoms with E-state index in [0.717, 1.165) is 29.9 Å². The van der Waals surface area contributed by atoms with Crippen LogP contribution in [0.15, 0.2) is 29.3 Å². The number of nitrogens with one attached hydrogen (secondary N) is 1. The van der Waals surface area contributed by atoms with E-state index < -0.39 is 15.8 Å². The highest BCUT2D eigenvalue weighted by molar-refractivity contribution is 7.92. The topological polar surface area (TPSA) is 72.0 Å². The van der Waals surface area contributed by atoms with Crippen LogP contribution in [0.3, 0.4) is 0 Å². The van der Waals surface area contributed by atoms with Crippen LogP contribution >= 0.6 is 23.3 Å². The molecule has 0 unspecified atom stereocenters. The molecule has 0 aliphatic heterocycles. The summed E-state index contributed by atoms with van der Waals surface area (Å²) in [4.78, 5) is -0.214. The molecular formula is C8H5ClFN3O2S2. The van der Waals surface area contributed by atoms with Crippen molar-refractivity contribution in [3.8, 4) is 0 Å². The zero-order valence-corrected chi connectivity index (χ0v) is 10.5. The summed E-state index contributed by atoms with van der Waals surface area (Å²) in [5.41, 5.74) is 0. The summed E-state index contributed by atoms with van der Waals surface area (Å²) in [7, 11) is -3.88. The molecule has 9 heteroatoms. The second-order valence-electron chi connectivity index (χ2n) is 2.97. The van der Waals surface area contributed by atoms with Gasteiger partial charge < -0.3 is 0 Å². The maximum Gasteiger partial charge on any atom is 0.264 e. The molecule has 0 radical (unpaired) electrons. The van der Waals surface area contributed by atoms with Crippen LogP contribution in [0, 0.1) is 5.82 Å². The van der Waals surface area contributed by atoms with E-state index in [1.807, 2.05) is 0 Å². The van der Waals surface area contributed by atoms with E-state index in [1.165, 1.54) is 6.20 Å². The average molecular weight is 294 g/mol. The van der Waals surface area contributed by atoms with Crippen LogP contribution in [0.5, 0.6) is 0 Å². The highest BCUT2D eigenvalue weighted by Gasteiger charge is 2.19. The summed E-state index contributed by atoms with van der Waals surface area (Å²) < 4.78 is 46.0. The Hall–Kier alpha value is -1.25. The maximum absolute atomic E-state index is 12.8. The highest BCUT2D eigenvalue weighted by Crippen LogP contribution is 2.23. The van der Waals surface area contributed by atoms with Crippen LogP contribution in [0.2, 0.25) is 5.02 Å². The summed E-state index contributed by atoms with van der Waals surface area (Å²) in [6.45, 7) is 0. The van der Waals surface area contributed by atoms with E-state index in [1.54, 1.807) is 0 Å². The monoisotopic (exact) mass is 293 g/mol. The normalized spacial score (nSPS) is 11.4. The van der Waals surface area contributed by atoms with Crippen LogP contribution < -0.4 is 4.72 Å². The minimum absolute atomic E-state index is 0.0930. The Bertz CT molecular complexity index is 630. The molecule has 0 bridgehead atoms. The summed E-state index contributed by atoms with van der Waals surface area (Å²) in [5.74, 6) is -0.514. The van der Waals surface area contributed by atoms with Gasteiger partial charge in [-0.3, -0.25) is 4.72 Å². The summed E-state index contributed by atoms with van der Waals surface area (Å²) in [6.07, 6.45) is 1.26. The quantitative estimate of drug-likeness (QED) is 0.941. The number of nitrogens with zero attached hydrogens (tertiary/aromatic N) is 2. The van der Waals surface area contributed by atoms with Gasteiger partial charge in [0.05, 0.1) is 22.9 Å². The predicted octanol–water partition coefficient (Wildman–Crippen LogP) is 2.13. The minimum Gasteiger partial charge on any atom is -0.261 e. The molecule has 17 heavy (non-hydrogen) atoms. The Morgan fingerprint density at radius 3 is 2.76 bits per heavy atom. The smallest absolute Gasteiger partial charge is 0.261 e. The van der Waals surface area contributed by atoms with Crippen molar-refractivity contribution in [2.45, 2.75) is 4.90 Å². The van der Waals surface area contributed by atoms with Crippen molar-refractivity contribution < 1.29 is 12.8 Å².